The van der Waals surface area contributed by atoms with E-state index in [4.69, 9.17) is 40.2 Å². The number of nitrogen functional groups attached to an aromatic ring is 1. The topological polar surface area (TPSA) is 223 Å². The van der Waals surface area contributed by atoms with Crippen molar-refractivity contribution >= 4 is 60.9 Å². The van der Waals surface area contributed by atoms with Crippen molar-refractivity contribution in [1.82, 2.24) is 29.5 Å². The summed E-state index contributed by atoms with van der Waals surface area (Å²) in [6.07, 6.45) is -0.752. The van der Waals surface area contributed by atoms with Gasteiger partial charge in [-0.3, -0.25) is 9.32 Å². The van der Waals surface area contributed by atoms with Crippen molar-refractivity contribution in [2.24, 2.45) is 5.92 Å². The fraction of sp³-hybridized carbons (Fsp3) is 0.421. The molecule has 58 heavy (non-hydrogen) atoms. The van der Waals surface area contributed by atoms with Crippen LogP contribution in [0.1, 0.15) is 44.9 Å². The molecule has 5 aromatic rings. The highest BCUT2D eigenvalue weighted by molar-refractivity contribution is 7.63. The summed E-state index contributed by atoms with van der Waals surface area (Å²) < 4.78 is 59.0. The summed E-state index contributed by atoms with van der Waals surface area (Å²) in [4.78, 5) is 39.2. The number of rotatable bonds is 18. The lowest BCUT2D eigenvalue weighted by molar-refractivity contribution is -0.151. The number of fused-ring (bicyclic) bond motifs is 3. The maximum absolute atomic E-state index is 15.0. The predicted octanol–water partition coefficient (Wildman–Crippen LogP) is 5.83. The summed E-state index contributed by atoms with van der Waals surface area (Å²) in [6.45, 7) is 8.40. The Labute approximate surface area is 340 Å². The van der Waals surface area contributed by atoms with E-state index in [0.29, 0.717) is 40.6 Å². The molecular formula is C38H46ClN7O10P2. The minimum atomic E-state index is -5.30. The van der Waals surface area contributed by atoms with Crippen LogP contribution in [0.15, 0.2) is 73.1 Å². The number of halogens is 1. The van der Waals surface area contributed by atoms with Crippen LogP contribution >= 0.6 is 27.2 Å². The van der Waals surface area contributed by atoms with E-state index in [2.05, 4.69) is 24.9 Å². The molecule has 1 aliphatic carbocycles. The molecule has 3 heterocycles. The summed E-state index contributed by atoms with van der Waals surface area (Å²) in [5.41, 5.74) is 6.23. The van der Waals surface area contributed by atoms with Crippen molar-refractivity contribution in [2.75, 3.05) is 32.0 Å². The second-order valence-corrected chi connectivity index (χ2v) is 18.3. The summed E-state index contributed by atoms with van der Waals surface area (Å²) in [5, 5.41) is 15.0. The molecule has 7 rings (SSSR count). The second kappa shape index (κ2) is 16.9. The van der Waals surface area contributed by atoms with Crippen molar-refractivity contribution in [1.29, 1.82) is 0 Å². The van der Waals surface area contributed by atoms with Crippen LogP contribution in [0.2, 0.25) is 5.28 Å². The predicted molar refractivity (Wildman–Crippen MR) is 216 cm³/mol. The minimum absolute atomic E-state index is 0.0662. The second-order valence-electron chi connectivity index (χ2n) is 14.7. The van der Waals surface area contributed by atoms with Crippen LogP contribution < -0.4 is 15.3 Å². The lowest BCUT2D eigenvalue weighted by Crippen LogP contribution is -2.46. The molecular weight excluding hydrogens is 812 g/mol. The normalized spacial score (nSPS) is 22.4. The number of nitrogens with zero attached hydrogens (tertiary/aromatic N) is 5. The number of imidazole rings is 1. The number of hydrogen-bond donors (Lipinski definition) is 4. The lowest BCUT2D eigenvalue weighted by Gasteiger charge is -2.31. The number of anilines is 1. The van der Waals surface area contributed by atoms with Crippen LogP contribution in [0, 0.1) is 5.92 Å². The Kier molecular flexibility index (Phi) is 12.3. The van der Waals surface area contributed by atoms with Gasteiger partial charge in [0, 0.05) is 17.8 Å². The number of aromatic nitrogens is 4. The number of aliphatic hydroxyl groups excluding tert-OH is 1. The molecule has 2 aromatic heterocycles. The van der Waals surface area contributed by atoms with Crippen LogP contribution in [-0.2, 0) is 45.3 Å². The highest BCUT2D eigenvalue weighted by Crippen LogP contribution is 2.63. The summed E-state index contributed by atoms with van der Waals surface area (Å²) in [7, 11) is -10.3. The van der Waals surface area contributed by atoms with Gasteiger partial charge in [-0.2, -0.15) is 19.4 Å². The molecule has 0 bridgehead atoms. The third-order valence-electron chi connectivity index (χ3n) is 10.3. The van der Waals surface area contributed by atoms with Gasteiger partial charge in [-0.1, -0.05) is 80.6 Å². The number of benzene rings is 3. The summed E-state index contributed by atoms with van der Waals surface area (Å²) in [6, 6.07) is 19.6. The number of carbonyl (C=O) groups is 1. The van der Waals surface area contributed by atoms with Crippen LogP contribution in [0.3, 0.4) is 0 Å². The van der Waals surface area contributed by atoms with Crippen LogP contribution in [-0.4, -0.2) is 90.5 Å². The van der Waals surface area contributed by atoms with Gasteiger partial charge in [0.2, 0.25) is 5.28 Å². The molecule has 3 aromatic carbocycles. The van der Waals surface area contributed by atoms with Gasteiger partial charge in [0.1, 0.15) is 29.5 Å². The van der Waals surface area contributed by atoms with Crippen LogP contribution in [0.4, 0.5) is 5.82 Å². The maximum atomic E-state index is 15.0. The molecule has 3 unspecified atom stereocenters. The lowest BCUT2D eigenvalue weighted by atomic mass is 10.0. The fourth-order valence-corrected chi connectivity index (χ4v) is 10.6. The van der Waals surface area contributed by atoms with E-state index in [1.807, 2.05) is 44.2 Å². The third kappa shape index (κ3) is 9.09. The van der Waals surface area contributed by atoms with E-state index in [9.17, 15) is 23.9 Å². The molecule has 5 N–H and O–H groups in total. The number of carbonyl (C=O) groups excluding carboxylic acids is 1. The van der Waals surface area contributed by atoms with E-state index in [-0.39, 0.29) is 29.5 Å². The number of hydrogen-bond acceptors (Lipinski definition) is 14. The molecule has 0 radical (unpaired) electrons. The van der Waals surface area contributed by atoms with E-state index >= 15 is 0 Å². The van der Waals surface area contributed by atoms with Crippen LogP contribution in [0.25, 0.3) is 21.9 Å². The zero-order valence-corrected chi connectivity index (χ0v) is 34.8. The van der Waals surface area contributed by atoms with Gasteiger partial charge >= 0.3 is 21.5 Å². The number of esters is 1. The quantitative estimate of drug-likeness (QED) is 0.0462. The zero-order chi connectivity index (χ0) is 41.4. The number of likely N-dealkylation sites (N-methyl/N-ethyl adjacent to an activating group) is 1. The van der Waals surface area contributed by atoms with Crippen molar-refractivity contribution < 1.29 is 46.8 Å². The van der Waals surface area contributed by atoms with Gasteiger partial charge < -0.3 is 39.2 Å². The number of ether oxygens (including phenoxy) is 2. The van der Waals surface area contributed by atoms with Crippen molar-refractivity contribution in [3.63, 3.8) is 0 Å². The Morgan fingerprint density at radius 2 is 1.79 bits per heavy atom. The van der Waals surface area contributed by atoms with Gasteiger partial charge in [-0.15, -0.1) is 0 Å². The van der Waals surface area contributed by atoms with Crippen molar-refractivity contribution in [3.05, 3.63) is 89.5 Å². The van der Waals surface area contributed by atoms with E-state index in [1.54, 1.807) is 41.0 Å². The smallest absolute Gasteiger partial charge is 0.459 e. The molecule has 310 valence electrons. The number of aliphatic hydroxyl groups is 1. The van der Waals surface area contributed by atoms with Crippen molar-refractivity contribution in [2.45, 2.75) is 70.6 Å². The summed E-state index contributed by atoms with van der Waals surface area (Å²) in [5.74, 6) is -1.04. The van der Waals surface area contributed by atoms with Gasteiger partial charge in [0.25, 0.3) is 0 Å². The zero-order valence-electron chi connectivity index (χ0n) is 32.3. The highest BCUT2D eigenvalue weighted by atomic mass is 35.5. The van der Waals surface area contributed by atoms with Gasteiger partial charge in [-0.25, -0.2) is 14.1 Å². The molecule has 2 aliphatic rings. The molecule has 0 spiro atoms. The Morgan fingerprint density at radius 1 is 1.07 bits per heavy atom. The highest BCUT2D eigenvalue weighted by Gasteiger charge is 2.65. The Morgan fingerprint density at radius 3 is 2.50 bits per heavy atom. The molecule has 1 saturated carbocycles. The molecule has 0 amide bonds. The maximum Gasteiger partial charge on any atom is 0.481 e. The molecule has 1 saturated heterocycles. The van der Waals surface area contributed by atoms with Gasteiger partial charge in [-0.05, 0) is 61.5 Å². The fourth-order valence-electron chi connectivity index (χ4n) is 7.21. The minimum Gasteiger partial charge on any atom is -0.459 e. The first kappa shape index (κ1) is 42.1. The Hall–Kier alpha value is -3.99. The largest absolute Gasteiger partial charge is 0.481 e. The van der Waals surface area contributed by atoms with E-state index < -0.39 is 57.9 Å². The monoisotopic (exact) mass is 857 g/mol. The number of phosphoric acid groups is 1. The average molecular weight is 858 g/mol. The first-order chi connectivity index (χ1) is 27.6. The first-order valence-electron chi connectivity index (χ1n) is 18.8. The number of nitrogens with one attached hydrogen (secondary N) is 1. The first-order valence-corrected chi connectivity index (χ1v) is 22.2. The molecule has 1 aliphatic heterocycles. The SMILES string of the molecule is CCN(CC)CCc1ccc2ccccc2c1OP(=O)(NC(C)(C)C(=O)OCc1ccccc1)OP(=O)(O)OC[C@H]1OC2[C@@H]([C@H]1O)[C@@H]2n1cnc2c(N)nc(Cl)nc21. The molecule has 7 atom stereocenters. The third-order valence-corrected chi connectivity index (χ3v) is 13.9. The Bertz CT molecular complexity index is 2380. The van der Waals surface area contributed by atoms with Crippen LogP contribution in [0.5, 0.6) is 5.75 Å². The molecule has 20 heteroatoms. The molecule has 2 fully saturated rings. The standard InChI is InChI=1S/C38H46ClN7O10P2/c1-5-45(6-2)19-18-25-17-16-24-14-10-11-15-26(24)32(25)55-57(49,44-38(3,4)36(48)52-20-23-12-8-7-9-13-23)56-58(50,51)53-21-27-31(47)28-30(33(28)54-27)46-22-41-29-34(40)42-37(39)43-35(29)46/h7-17,22,27-28,30-31,33,47H,5-6,18-21H2,1-4H3,(H,44,49)(H,50,51)(H2,40,42,43)/t27-,28-,30+,31+,33?,57?/m1/s1. The van der Waals surface area contributed by atoms with Crippen molar-refractivity contribution in [3.8, 4) is 5.75 Å². The van der Waals surface area contributed by atoms with E-state index in [0.717, 1.165) is 18.5 Å². The van der Waals surface area contributed by atoms with Gasteiger partial charge in [0.15, 0.2) is 11.5 Å². The Balaban J connectivity index is 1.11. The van der Waals surface area contributed by atoms with Gasteiger partial charge in [0.05, 0.1) is 31.2 Å². The number of nitrogens with two attached hydrogens (primary N) is 1. The molecule has 17 nitrogen and oxygen atoms in total. The summed E-state index contributed by atoms with van der Waals surface area (Å²) >= 11 is 6.02. The number of phosphoric ester groups is 1. The average Bonchev–Trinajstić information content (AvgIpc) is 3.55. The van der Waals surface area contributed by atoms with E-state index in [1.165, 1.54) is 20.2 Å².